The molecule has 4 nitrogen and oxygen atoms in total. The van der Waals surface area contributed by atoms with E-state index in [1.165, 1.54) is 5.56 Å². The van der Waals surface area contributed by atoms with Crippen LogP contribution in [0.25, 0.3) is 0 Å². The summed E-state index contributed by atoms with van der Waals surface area (Å²) < 4.78 is 11.5. The molecule has 0 spiro atoms. The molecule has 0 aromatic heterocycles. The van der Waals surface area contributed by atoms with Crippen molar-refractivity contribution in [1.82, 2.24) is 0 Å². The second-order valence-electron chi connectivity index (χ2n) is 6.12. The van der Waals surface area contributed by atoms with E-state index in [2.05, 4.69) is 24.3 Å². The van der Waals surface area contributed by atoms with Gasteiger partial charge in [0.1, 0.15) is 11.5 Å². The normalized spacial score (nSPS) is 18.5. The highest BCUT2D eigenvalue weighted by Gasteiger charge is 2.34. The van der Waals surface area contributed by atoms with Crippen molar-refractivity contribution in [2.45, 2.75) is 25.2 Å². The van der Waals surface area contributed by atoms with Crippen LogP contribution >= 0.6 is 0 Å². The summed E-state index contributed by atoms with van der Waals surface area (Å²) in [5.74, 6) is 0.678. The van der Waals surface area contributed by atoms with Gasteiger partial charge in [-0.15, -0.1) is 0 Å². The highest BCUT2D eigenvalue weighted by Crippen LogP contribution is 2.44. The van der Waals surface area contributed by atoms with Gasteiger partial charge in [-0.05, 0) is 30.5 Å². The van der Waals surface area contributed by atoms with E-state index < -0.39 is 5.92 Å². The van der Waals surface area contributed by atoms with Gasteiger partial charge in [0.05, 0.1) is 37.7 Å². The molecule has 4 heteroatoms. The molecule has 2 atom stereocenters. The van der Waals surface area contributed by atoms with Gasteiger partial charge in [-0.2, -0.15) is 10.5 Å². The highest BCUT2D eigenvalue weighted by atomic mass is 16.5. The molecule has 1 aliphatic rings. The summed E-state index contributed by atoms with van der Waals surface area (Å²) in [5.41, 5.74) is 3.03. The lowest BCUT2D eigenvalue weighted by molar-refractivity contribution is 0.311. The number of rotatable bonds is 5. The van der Waals surface area contributed by atoms with Crippen LogP contribution in [0, 0.1) is 28.6 Å². The number of fused-ring (bicyclic) bond motifs is 1. The predicted octanol–water partition coefficient (Wildman–Crippen LogP) is 4.01. The number of ether oxygens (including phenoxy) is 2. The molecule has 3 rings (SSSR count). The molecule has 25 heavy (non-hydrogen) atoms. The van der Waals surface area contributed by atoms with Crippen molar-refractivity contribution in [3.8, 4) is 23.6 Å². The van der Waals surface area contributed by atoms with Gasteiger partial charge < -0.3 is 9.47 Å². The van der Waals surface area contributed by atoms with E-state index in [0.29, 0.717) is 18.8 Å². The van der Waals surface area contributed by atoms with E-state index in [1.807, 2.05) is 30.3 Å². The number of hydrogen-bond donors (Lipinski definition) is 0. The molecule has 0 amide bonds. The summed E-state index contributed by atoms with van der Waals surface area (Å²) in [7, 11) is 1.63. The van der Waals surface area contributed by atoms with Crippen molar-refractivity contribution < 1.29 is 9.47 Å². The maximum atomic E-state index is 9.63. The minimum atomic E-state index is -0.476. The Labute approximate surface area is 148 Å². The third-order valence-corrected chi connectivity index (χ3v) is 4.71. The van der Waals surface area contributed by atoms with E-state index in [4.69, 9.17) is 9.47 Å². The van der Waals surface area contributed by atoms with Crippen molar-refractivity contribution >= 4 is 0 Å². The summed E-state index contributed by atoms with van der Waals surface area (Å²) in [6, 6.07) is 18.5. The molecule has 0 saturated carbocycles. The zero-order valence-electron chi connectivity index (χ0n) is 14.2. The van der Waals surface area contributed by atoms with Gasteiger partial charge in [-0.1, -0.05) is 30.3 Å². The predicted molar refractivity (Wildman–Crippen MR) is 94.4 cm³/mol. The van der Waals surface area contributed by atoms with Gasteiger partial charge in [0, 0.05) is 17.5 Å². The Kier molecular flexibility index (Phi) is 5.21. The largest absolute Gasteiger partial charge is 0.496 e. The first kappa shape index (κ1) is 16.9. The molecule has 2 unspecified atom stereocenters. The van der Waals surface area contributed by atoms with Crippen molar-refractivity contribution in [3.63, 3.8) is 0 Å². The maximum Gasteiger partial charge on any atom is 0.124 e. The van der Waals surface area contributed by atoms with Crippen LogP contribution in [-0.2, 0) is 12.8 Å². The zero-order valence-corrected chi connectivity index (χ0v) is 14.2. The number of nitrogens with zero attached hydrogens (tertiary/aromatic N) is 2. The number of nitriles is 2. The molecule has 0 N–H and O–H groups in total. The Hall–Kier alpha value is -2.98. The lowest BCUT2D eigenvalue weighted by Gasteiger charge is -2.28. The Morgan fingerprint density at radius 3 is 2.48 bits per heavy atom. The van der Waals surface area contributed by atoms with Gasteiger partial charge >= 0.3 is 0 Å². The topological polar surface area (TPSA) is 66.0 Å². The summed E-state index contributed by atoms with van der Waals surface area (Å²) in [4.78, 5) is 0. The Morgan fingerprint density at radius 2 is 1.80 bits per heavy atom. The second-order valence-corrected chi connectivity index (χ2v) is 6.12. The summed E-state index contributed by atoms with van der Waals surface area (Å²) >= 11 is 0. The van der Waals surface area contributed by atoms with Crippen molar-refractivity contribution in [2.24, 2.45) is 5.92 Å². The summed E-state index contributed by atoms with van der Waals surface area (Å²) in [6.07, 6.45) is 2.19. The zero-order chi connectivity index (χ0) is 17.6. The second kappa shape index (κ2) is 7.73. The molecule has 0 fully saturated rings. The smallest absolute Gasteiger partial charge is 0.124 e. The molecular formula is C21H20N2O2. The van der Waals surface area contributed by atoms with E-state index in [1.54, 1.807) is 7.11 Å². The lowest BCUT2D eigenvalue weighted by Crippen LogP contribution is -2.20. The van der Waals surface area contributed by atoms with E-state index in [-0.39, 0.29) is 5.92 Å². The molecule has 0 saturated heterocycles. The standard InChI is InChI=1S/C21H20N2O2/c1-24-19-9-10-20(25-12-11-15-5-3-2-4-6-15)21-17(19)8-7-16(13-22)18(21)14-23/h2-6,9-10,16,18H,7-8,11-12H2,1H3. The molecule has 2 aromatic rings. The van der Waals surface area contributed by atoms with E-state index in [9.17, 15) is 10.5 Å². The van der Waals surface area contributed by atoms with E-state index in [0.717, 1.165) is 29.7 Å². The van der Waals surface area contributed by atoms with Gasteiger partial charge in [0.25, 0.3) is 0 Å². The number of benzene rings is 2. The first-order valence-corrected chi connectivity index (χ1v) is 8.44. The maximum absolute atomic E-state index is 9.63. The first-order valence-electron chi connectivity index (χ1n) is 8.44. The third kappa shape index (κ3) is 3.44. The monoisotopic (exact) mass is 332 g/mol. The van der Waals surface area contributed by atoms with Crippen molar-refractivity contribution in [3.05, 3.63) is 59.2 Å². The molecule has 0 radical (unpaired) electrons. The molecule has 0 heterocycles. The molecule has 2 aromatic carbocycles. The Balaban J connectivity index is 1.87. The molecular weight excluding hydrogens is 312 g/mol. The molecule has 126 valence electrons. The van der Waals surface area contributed by atoms with Crippen LogP contribution in [0.4, 0.5) is 0 Å². The summed E-state index contributed by atoms with van der Waals surface area (Å²) in [5, 5.41) is 19.0. The molecule has 1 aliphatic carbocycles. The van der Waals surface area contributed by atoms with Gasteiger partial charge in [-0.25, -0.2) is 0 Å². The summed E-state index contributed by atoms with van der Waals surface area (Å²) in [6.45, 7) is 0.526. The fourth-order valence-electron chi connectivity index (χ4n) is 3.42. The SMILES string of the molecule is COc1ccc(OCCc2ccccc2)c2c1CCC(C#N)C2C#N. The fraction of sp³-hybridized carbons (Fsp3) is 0.333. The number of methoxy groups -OCH3 is 1. The van der Waals surface area contributed by atoms with Crippen LogP contribution < -0.4 is 9.47 Å². The Morgan fingerprint density at radius 1 is 1.04 bits per heavy atom. The minimum Gasteiger partial charge on any atom is -0.496 e. The van der Waals surface area contributed by atoms with Crippen LogP contribution in [0.2, 0.25) is 0 Å². The van der Waals surface area contributed by atoms with Crippen molar-refractivity contribution in [2.75, 3.05) is 13.7 Å². The highest BCUT2D eigenvalue weighted by molar-refractivity contribution is 5.54. The first-order chi connectivity index (χ1) is 12.3. The van der Waals surface area contributed by atoms with Gasteiger partial charge in [-0.3, -0.25) is 0 Å². The Bertz CT molecular complexity index is 818. The van der Waals surface area contributed by atoms with Crippen LogP contribution in [0.5, 0.6) is 11.5 Å². The molecule has 0 bridgehead atoms. The minimum absolute atomic E-state index is 0.305. The van der Waals surface area contributed by atoms with Crippen LogP contribution in [0.1, 0.15) is 29.0 Å². The van der Waals surface area contributed by atoms with Crippen LogP contribution in [0.3, 0.4) is 0 Å². The van der Waals surface area contributed by atoms with Crippen LogP contribution in [0.15, 0.2) is 42.5 Å². The average Bonchev–Trinajstić information content (AvgIpc) is 2.67. The average molecular weight is 332 g/mol. The third-order valence-electron chi connectivity index (χ3n) is 4.71. The fourth-order valence-corrected chi connectivity index (χ4v) is 3.42. The van der Waals surface area contributed by atoms with Gasteiger partial charge in [0.15, 0.2) is 0 Å². The van der Waals surface area contributed by atoms with E-state index >= 15 is 0 Å². The van der Waals surface area contributed by atoms with Gasteiger partial charge in [0.2, 0.25) is 0 Å². The lowest BCUT2D eigenvalue weighted by atomic mass is 9.75. The van der Waals surface area contributed by atoms with Crippen LogP contribution in [-0.4, -0.2) is 13.7 Å². The number of hydrogen-bond acceptors (Lipinski definition) is 4. The molecule has 0 aliphatic heterocycles. The quantitative estimate of drug-likeness (QED) is 0.830. The van der Waals surface area contributed by atoms with Crippen molar-refractivity contribution in [1.29, 1.82) is 10.5 Å².